The number of benzene rings is 1. The van der Waals surface area contributed by atoms with E-state index in [1.807, 2.05) is 31.2 Å². The van der Waals surface area contributed by atoms with Gasteiger partial charge < -0.3 is 0 Å². The van der Waals surface area contributed by atoms with Crippen LogP contribution in [0.3, 0.4) is 0 Å². The van der Waals surface area contributed by atoms with Gasteiger partial charge in [-0.05, 0) is 36.2 Å². The molecule has 2 aromatic rings. The Hall–Kier alpha value is -2.01. The molecule has 0 fully saturated rings. The summed E-state index contributed by atoms with van der Waals surface area (Å²) in [5, 5.41) is 4.19. The Morgan fingerprint density at radius 2 is 2.00 bits per heavy atom. The molecule has 1 aromatic carbocycles. The van der Waals surface area contributed by atoms with Crippen molar-refractivity contribution >= 4 is 27.5 Å². The van der Waals surface area contributed by atoms with Crippen LogP contribution in [-0.2, 0) is 0 Å². The molecule has 1 heterocycles. The number of carbonyl (C=O) groups excluding carboxylic acids is 1. The average molecular weight is 332 g/mol. The monoisotopic (exact) mass is 331 g/mol. The van der Waals surface area contributed by atoms with E-state index in [0.717, 1.165) is 22.2 Å². The number of halogens is 1. The summed E-state index contributed by atoms with van der Waals surface area (Å²) < 4.78 is 1.01. The highest BCUT2D eigenvalue weighted by molar-refractivity contribution is 9.10. The maximum atomic E-state index is 11.9. The van der Waals surface area contributed by atoms with Crippen LogP contribution in [0.4, 0.5) is 0 Å². The first kappa shape index (κ1) is 14.4. The van der Waals surface area contributed by atoms with Gasteiger partial charge in [0.15, 0.2) is 0 Å². The molecule has 0 aliphatic rings. The van der Waals surface area contributed by atoms with Gasteiger partial charge in [-0.15, -0.1) is 0 Å². The van der Waals surface area contributed by atoms with Gasteiger partial charge in [-0.3, -0.25) is 9.78 Å². The van der Waals surface area contributed by atoms with Crippen LogP contribution in [0, 0.1) is 0 Å². The lowest BCUT2D eigenvalue weighted by Gasteiger charge is -2.05. The second-order valence-electron chi connectivity index (χ2n) is 4.10. The highest BCUT2D eigenvalue weighted by atomic mass is 79.9. The minimum absolute atomic E-state index is 0.263. The van der Waals surface area contributed by atoms with Crippen LogP contribution in [0.5, 0.6) is 0 Å². The molecule has 0 radical (unpaired) electrons. The molecule has 0 aliphatic heterocycles. The molecule has 5 heteroatoms. The van der Waals surface area contributed by atoms with Gasteiger partial charge in [0, 0.05) is 16.9 Å². The third kappa shape index (κ3) is 3.74. The van der Waals surface area contributed by atoms with Gasteiger partial charge in [0.1, 0.15) is 0 Å². The molecule has 1 aromatic heterocycles. The van der Waals surface area contributed by atoms with Crippen molar-refractivity contribution in [1.82, 2.24) is 10.4 Å². The Kier molecular flexibility index (Phi) is 5.01. The lowest BCUT2D eigenvalue weighted by molar-refractivity contribution is 0.0954. The van der Waals surface area contributed by atoms with Crippen molar-refractivity contribution < 1.29 is 4.79 Å². The van der Waals surface area contributed by atoms with Crippen LogP contribution in [0.25, 0.3) is 0 Å². The number of hydrogen-bond acceptors (Lipinski definition) is 3. The highest BCUT2D eigenvalue weighted by Gasteiger charge is 2.05. The summed E-state index contributed by atoms with van der Waals surface area (Å²) in [6.07, 6.45) is 3.87. The van der Waals surface area contributed by atoms with Crippen molar-refractivity contribution in [3.8, 4) is 0 Å². The molecule has 1 amide bonds. The first-order chi connectivity index (χ1) is 9.70. The van der Waals surface area contributed by atoms with E-state index < -0.39 is 0 Å². The normalized spacial score (nSPS) is 11.2. The van der Waals surface area contributed by atoms with Crippen molar-refractivity contribution in [3.05, 3.63) is 64.4 Å². The van der Waals surface area contributed by atoms with Gasteiger partial charge in [0.25, 0.3) is 5.91 Å². The predicted molar refractivity (Wildman–Crippen MR) is 82.7 cm³/mol. The average Bonchev–Trinajstić information content (AvgIpc) is 2.50. The molecular formula is C15H14BrN3O. The fraction of sp³-hybridized carbons (Fsp3) is 0.133. The van der Waals surface area contributed by atoms with Gasteiger partial charge in [0.05, 0.1) is 11.3 Å². The standard InChI is InChI=1S/C15H14BrN3O/c1-2-14(11-5-7-13(16)8-6-11)18-19-15(20)12-4-3-9-17-10-12/h3-10H,2H2,1H3,(H,19,20)/b18-14+. The molecule has 20 heavy (non-hydrogen) atoms. The summed E-state index contributed by atoms with van der Waals surface area (Å²) in [5.74, 6) is -0.263. The number of rotatable bonds is 4. The molecule has 0 saturated heterocycles. The van der Waals surface area contributed by atoms with E-state index in [1.165, 1.54) is 6.20 Å². The smallest absolute Gasteiger partial charge is 0.267 e. The number of nitrogens with zero attached hydrogens (tertiary/aromatic N) is 2. The fourth-order valence-electron chi connectivity index (χ4n) is 1.67. The summed E-state index contributed by atoms with van der Waals surface area (Å²) in [5.41, 5.74) is 4.87. The topological polar surface area (TPSA) is 54.4 Å². The maximum Gasteiger partial charge on any atom is 0.272 e. The molecular weight excluding hydrogens is 318 g/mol. The zero-order chi connectivity index (χ0) is 14.4. The Balaban J connectivity index is 2.12. The van der Waals surface area contributed by atoms with E-state index in [1.54, 1.807) is 18.3 Å². The largest absolute Gasteiger partial charge is 0.272 e. The summed E-state index contributed by atoms with van der Waals surface area (Å²) in [6.45, 7) is 2.00. The second-order valence-corrected chi connectivity index (χ2v) is 5.02. The number of aromatic nitrogens is 1. The van der Waals surface area contributed by atoms with E-state index in [9.17, 15) is 4.79 Å². The molecule has 4 nitrogen and oxygen atoms in total. The predicted octanol–water partition coefficient (Wildman–Crippen LogP) is 3.39. The quantitative estimate of drug-likeness (QED) is 0.689. The van der Waals surface area contributed by atoms with Crippen molar-refractivity contribution in [2.24, 2.45) is 5.10 Å². The number of hydrazone groups is 1. The molecule has 1 N–H and O–H groups in total. The van der Waals surface area contributed by atoms with Crippen LogP contribution in [-0.4, -0.2) is 16.6 Å². The first-order valence-electron chi connectivity index (χ1n) is 6.23. The molecule has 0 saturated carbocycles. The molecule has 0 bridgehead atoms. The van der Waals surface area contributed by atoms with Crippen molar-refractivity contribution in [3.63, 3.8) is 0 Å². The second kappa shape index (κ2) is 6.96. The number of nitrogens with one attached hydrogen (secondary N) is 1. The number of hydrogen-bond donors (Lipinski definition) is 1. The Morgan fingerprint density at radius 1 is 1.25 bits per heavy atom. The van der Waals surface area contributed by atoms with Crippen LogP contribution in [0.15, 0.2) is 58.4 Å². The van der Waals surface area contributed by atoms with Crippen molar-refractivity contribution in [2.75, 3.05) is 0 Å². The van der Waals surface area contributed by atoms with E-state index in [0.29, 0.717) is 5.56 Å². The summed E-state index contributed by atoms with van der Waals surface area (Å²) in [4.78, 5) is 15.8. The molecule has 0 aliphatic carbocycles. The minimum Gasteiger partial charge on any atom is -0.267 e. The number of amides is 1. The minimum atomic E-state index is -0.263. The van der Waals surface area contributed by atoms with Crippen LogP contribution >= 0.6 is 15.9 Å². The number of pyridine rings is 1. The van der Waals surface area contributed by atoms with E-state index in [4.69, 9.17) is 0 Å². The van der Waals surface area contributed by atoms with E-state index in [-0.39, 0.29) is 5.91 Å². The van der Waals surface area contributed by atoms with Gasteiger partial charge >= 0.3 is 0 Å². The van der Waals surface area contributed by atoms with Crippen LogP contribution in [0.2, 0.25) is 0 Å². The van der Waals surface area contributed by atoms with E-state index in [2.05, 4.69) is 31.4 Å². The summed E-state index contributed by atoms with van der Waals surface area (Å²) in [7, 11) is 0. The Labute approximate surface area is 126 Å². The Morgan fingerprint density at radius 3 is 2.60 bits per heavy atom. The fourth-order valence-corrected chi connectivity index (χ4v) is 1.93. The SMILES string of the molecule is CC/C(=N\NC(=O)c1cccnc1)c1ccc(Br)cc1. The maximum absolute atomic E-state index is 11.9. The van der Waals surface area contributed by atoms with Crippen LogP contribution in [0.1, 0.15) is 29.3 Å². The third-order valence-electron chi connectivity index (χ3n) is 2.73. The zero-order valence-corrected chi connectivity index (χ0v) is 12.6. The summed E-state index contributed by atoms with van der Waals surface area (Å²) in [6, 6.07) is 11.2. The van der Waals surface area contributed by atoms with Crippen molar-refractivity contribution in [2.45, 2.75) is 13.3 Å². The first-order valence-corrected chi connectivity index (χ1v) is 7.03. The lowest BCUT2D eigenvalue weighted by Crippen LogP contribution is -2.20. The molecule has 2 rings (SSSR count). The van der Waals surface area contributed by atoms with Gasteiger partial charge in [0.2, 0.25) is 0 Å². The van der Waals surface area contributed by atoms with E-state index >= 15 is 0 Å². The van der Waals surface area contributed by atoms with Crippen LogP contribution < -0.4 is 5.43 Å². The molecule has 102 valence electrons. The summed E-state index contributed by atoms with van der Waals surface area (Å²) >= 11 is 3.39. The number of carbonyl (C=O) groups is 1. The molecule has 0 atom stereocenters. The van der Waals surface area contributed by atoms with Gasteiger partial charge in [-0.1, -0.05) is 35.0 Å². The zero-order valence-electron chi connectivity index (χ0n) is 11.0. The van der Waals surface area contributed by atoms with Crippen molar-refractivity contribution in [1.29, 1.82) is 0 Å². The highest BCUT2D eigenvalue weighted by Crippen LogP contribution is 2.12. The molecule has 0 spiro atoms. The Bertz CT molecular complexity index is 609. The lowest BCUT2D eigenvalue weighted by atomic mass is 10.1. The van der Waals surface area contributed by atoms with Gasteiger partial charge in [-0.2, -0.15) is 5.10 Å². The molecule has 0 unspecified atom stereocenters. The van der Waals surface area contributed by atoms with Gasteiger partial charge in [-0.25, -0.2) is 5.43 Å². The third-order valence-corrected chi connectivity index (χ3v) is 3.26.